The number of allylic oxidation sites excluding steroid dienone is 3. The molecule has 2 rings (SSSR count). The Kier molecular flexibility index (Phi) is 6.75. The fourth-order valence-electron chi connectivity index (χ4n) is 2.12. The summed E-state index contributed by atoms with van der Waals surface area (Å²) in [6, 6.07) is 2.37. The van der Waals surface area contributed by atoms with Crippen molar-refractivity contribution < 1.29 is 46.2 Å². The third kappa shape index (κ3) is 3.80. The fourth-order valence-corrected chi connectivity index (χ4v) is 2.12. The van der Waals surface area contributed by atoms with Crippen LogP contribution in [0, 0.1) is 17.7 Å². The minimum Gasteiger partial charge on any atom is -0.494 e. The molecular weight excluding hydrogens is 349 g/mol. The Morgan fingerprint density at radius 2 is 1.86 bits per heavy atom. The van der Waals surface area contributed by atoms with Gasteiger partial charge in [-0.05, 0) is 25.1 Å². The van der Waals surface area contributed by atoms with Crippen molar-refractivity contribution in [3.05, 3.63) is 59.8 Å². The van der Waals surface area contributed by atoms with E-state index in [1.54, 1.807) is 24.0 Å². The number of likely N-dealkylation sites (N-methyl/N-ethyl adjacent to an activating group) is 1. The average molecular weight is 365 g/mol. The summed E-state index contributed by atoms with van der Waals surface area (Å²) < 4.78 is 33.5. The van der Waals surface area contributed by atoms with Crippen LogP contribution in [0.2, 0.25) is 0 Å². The van der Waals surface area contributed by atoms with E-state index in [0.29, 0.717) is 24.5 Å². The number of halogens is 2. The van der Waals surface area contributed by atoms with Crippen LogP contribution in [0.3, 0.4) is 0 Å². The summed E-state index contributed by atoms with van der Waals surface area (Å²) in [6.45, 7) is 8.41. The first-order valence-corrected chi connectivity index (χ1v) is 6.47. The van der Waals surface area contributed by atoms with Gasteiger partial charge in [0, 0.05) is 51.4 Å². The zero-order chi connectivity index (χ0) is 14.7. The molecule has 1 radical (unpaired) electrons. The smallest absolute Gasteiger partial charge is 0.122 e. The zero-order valence-electron chi connectivity index (χ0n) is 12.1. The molecule has 0 saturated heterocycles. The van der Waals surface area contributed by atoms with Gasteiger partial charge in [-0.2, -0.15) is 12.2 Å². The quantitative estimate of drug-likeness (QED) is 0.751. The van der Waals surface area contributed by atoms with Gasteiger partial charge in [-0.3, -0.25) is 0 Å². The molecule has 0 fully saturated rings. The number of hydrogen-bond acceptors (Lipinski definition) is 2. The van der Waals surface area contributed by atoms with Crippen LogP contribution in [0.15, 0.2) is 36.6 Å². The van der Waals surface area contributed by atoms with Crippen LogP contribution in [0.5, 0.6) is 5.75 Å². The number of hydrogen-bond donors (Lipinski definition) is 0. The normalized spacial score (nSPS) is 13.8. The molecule has 0 saturated carbocycles. The van der Waals surface area contributed by atoms with E-state index in [1.807, 2.05) is 6.92 Å². The molecule has 1 aliphatic rings. The molecular formula is C16H16F2NOY-. The van der Waals surface area contributed by atoms with Gasteiger partial charge in [0.2, 0.25) is 0 Å². The van der Waals surface area contributed by atoms with Gasteiger partial charge in [-0.25, -0.2) is 8.78 Å². The van der Waals surface area contributed by atoms with Crippen molar-refractivity contribution in [2.24, 2.45) is 0 Å². The largest absolute Gasteiger partial charge is 0.494 e. The summed E-state index contributed by atoms with van der Waals surface area (Å²) in [4.78, 5) is 1.71. The molecule has 0 unspecified atom stereocenters. The van der Waals surface area contributed by atoms with Crippen molar-refractivity contribution in [3.63, 3.8) is 0 Å². The molecule has 0 amide bonds. The van der Waals surface area contributed by atoms with E-state index in [0.717, 1.165) is 0 Å². The van der Waals surface area contributed by atoms with E-state index in [2.05, 4.69) is 12.7 Å². The first kappa shape index (κ1) is 18.1. The number of ether oxygens (including phenoxy) is 1. The molecule has 2 nitrogen and oxygen atoms in total. The molecule has 0 aliphatic carbocycles. The third-order valence-corrected chi connectivity index (χ3v) is 2.99. The van der Waals surface area contributed by atoms with E-state index in [9.17, 15) is 8.78 Å². The Morgan fingerprint density at radius 3 is 2.38 bits per heavy atom. The van der Waals surface area contributed by atoms with Gasteiger partial charge in [0.05, 0.1) is 18.2 Å². The molecule has 0 atom stereocenters. The second-order valence-electron chi connectivity index (χ2n) is 4.26. The van der Waals surface area contributed by atoms with Crippen LogP contribution in [0.4, 0.5) is 8.78 Å². The van der Waals surface area contributed by atoms with Gasteiger partial charge in [0.25, 0.3) is 0 Å². The van der Waals surface area contributed by atoms with Crippen molar-refractivity contribution in [2.45, 2.75) is 13.8 Å². The van der Waals surface area contributed by atoms with Crippen LogP contribution >= 0.6 is 0 Å². The van der Waals surface area contributed by atoms with Crippen molar-refractivity contribution in [1.82, 2.24) is 4.90 Å². The fraction of sp³-hybridized carbons (Fsp3) is 0.250. The van der Waals surface area contributed by atoms with E-state index in [-0.39, 0.29) is 44.0 Å². The second kappa shape index (κ2) is 7.85. The van der Waals surface area contributed by atoms with E-state index in [1.165, 1.54) is 12.1 Å². The Hall–Kier alpha value is -0.996. The van der Waals surface area contributed by atoms with Crippen LogP contribution in [-0.4, -0.2) is 18.1 Å². The van der Waals surface area contributed by atoms with Crippen molar-refractivity contribution in [3.8, 4) is 5.75 Å². The molecule has 5 heteroatoms. The molecule has 1 heterocycles. The number of rotatable bonds is 4. The SMILES string of the molecule is C=C1C=C[C-]=C(c2c(F)cc(OCC)cc2F)N1CC.[Y]. The molecule has 0 N–H and O–H groups in total. The molecule has 1 aromatic rings. The van der Waals surface area contributed by atoms with Crippen LogP contribution < -0.4 is 4.74 Å². The molecule has 21 heavy (non-hydrogen) atoms. The first-order valence-electron chi connectivity index (χ1n) is 6.47. The van der Waals surface area contributed by atoms with Crippen molar-refractivity contribution >= 4 is 5.70 Å². The third-order valence-electron chi connectivity index (χ3n) is 2.99. The van der Waals surface area contributed by atoms with Gasteiger partial charge in [0.1, 0.15) is 5.75 Å². The van der Waals surface area contributed by atoms with Crippen molar-refractivity contribution in [2.75, 3.05) is 13.2 Å². The van der Waals surface area contributed by atoms with Gasteiger partial charge < -0.3 is 9.64 Å². The number of benzene rings is 1. The molecule has 109 valence electrons. The standard InChI is InChI=1S/C16H16F2NO.Y/c1-4-19-11(3)7-6-8-15(19)16-13(17)9-12(20-5-2)10-14(16)18;/h6-7,9-10H,3-5H2,1-2H3;/q-1;. The summed E-state index contributed by atoms with van der Waals surface area (Å²) in [7, 11) is 0. The zero-order valence-corrected chi connectivity index (χ0v) is 15.0. The predicted molar refractivity (Wildman–Crippen MR) is 74.8 cm³/mol. The summed E-state index contributed by atoms with van der Waals surface area (Å²) >= 11 is 0. The van der Waals surface area contributed by atoms with Crippen molar-refractivity contribution in [1.29, 1.82) is 0 Å². The minimum absolute atomic E-state index is 0. The molecule has 0 aromatic heterocycles. The summed E-state index contributed by atoms with van der Waals surface area (Å²) in [5.41, 5.74) is 0.910. The van der Waals surface area contributed by atoms with Gasteiger partial charge in [0.15, 0.2) is 0 Å². The maximum atomic E-state index is 14.2. The number of nitrogens with zero attached hydrogens (tertiary/aromatic N) is 1. The second-order valence-corrected chi connectivity index (χ2v) is 4.26. The van der Waals surface area contributed by atoms with Crippen LogP contribution in [-0.2, 0) is 32.7 Å². The molecule has 1 aliphatic heterocycles. The van der Waals surface area contributed by atoms with E-state index in [4.69, 9.17) is 4.74 Å². The Balaban J connectivity index is 0.00000220. The minimum atomic E-state index is -0.669. The van der Waals surface area contributed by atoms with Gasteiger partial charge in [-0.1, -0.05) is 12.3 Å². The van der Waals surface area contributed by atoms with Crippen LogP contribution in [0.25, 0.3) is 5.70 Å². The summed E-state index contributed by atoms with van der Waals surface area (Å²) in [5.74, 6) is -1.16. The molecule has 0 bridgehead atoms. The monoisotopic (exact) mass is 365 g/mol. The van der Waals surface area contributed by atoms with E-state index < -0.39 is 11.6 Å². The maximum absolute atomic E-state index is 14.2. The summed E-state index contributed by atoms with van der Waals surface area (Å²) in [6.07, 6.45) is 6.24. The topological polar surface area (TPSA) is 12.5 Å². The van der Waals surface area contributed by atoms with E-state index >= 15 is 0 Å². The maximum Gasteiger partial charge on any atom is 0.122 e. The first-order chi connectivity index (χ1) is 9.58. The van der Waals surface area contributed by atoms with Gasteiger partial charge in [-0.15, -0.1) is 6.08 Å². The predicted octanol–water partition coefficient (Wildman–Crippen LogP) is 3.91. The molecule has 1 aromatic carbocycles. The Bertz CT molecular complexity index is 573. The summed E-state index contributed by atoms with van der Waals surface area (Å²) in [5, 5.41) is 0. The average Bonchev–Trinajstić information content (AvgIpc) is 2.38. The molecule has 0 spiro atoms. The Labute approximate surface area is 149 Å². The Morgan fingerprint density at radius 1 is 1.24 bits per heavy atom. The van der Waals surface area contributed by atoms with Gasteiger partial charge >= 0.3 is 0 Å². The van der Waals surface area contributed by atoms with Crippen LogP contribution in [0.1, 0.15) is 19.4 Å².